The summed E-state index contributed by atoms with van der Waals surface area (Å²) in [7, 11) is 0. The van der Waals surface area contributed by atoms with E-state index in [1.54, 1.807) is 13.8 Å². The van der Waals surface area contributed by atoms with Gasteiger partial charge in [0, 0.05) is 16.8 Å². The number of carbonyl (C=O) groups excluding carboxylic acids is 1. The smallest absolute Gasteiger partial charge is 0.207 e. The third-order valence-electron chi connectivity index (χ3n) is 1.55. The molecular formula is C6H11NO3. The molecule has 0 aliphatic rings. The summed E-state index contributed by atoms with van der Waals surface area (Å²) in [6.45, 7) is 3.25. The molecule has 0 aliphatic heterocycles. The highest BCUT2D eigenvalue weighted by Gasteiger charge is 2.15. The fourth-order valence-corrected chi connectivity index (χ4v) is 0.536. The van der Waals surface area contributed by atoms with Gasteiger partial charge < -0.3 is 4.79 Å². The van der Waals surface area contributed by atoms with Gasteiger partial charge in [-0.3, -0.25) is 10.1 Å². The van der Waals surface area contributed by atoms with Gasteiger partial charge >= 0.3 is 0 Å². The number of hydrogen-bond donors (Lipinski definition) is 0. The summed E-state index contributed by atoms with van der Waals surface area (Å²) in [6.07, 6.45) is 0.744. The molecular weight excluding hydrogens is 134 g/mol. The van der Waals surface area contributed by atoms with Crippen molar-refractivity contribution in [3.63, 3.8) is 0 Å². The van der Waals surface area contributed by atoms with Gasteiger partial charge in [0.2, 0.25) is 6.54 Å². The van der Waals surface area contributed by atoms with Gasteiger partial charge in [-0.25, -0.2) is 0 Å². The molecule has 10 heavy (non-hydrogen) atoms. The van der Waals surface area contributed by atoms with Gasteiger partial charge in [0.1, 0.15) is 6.29 Å². The van der Waals surface area contributed by atoms with Gasteiger partial charge in [-0.05, 0) is 0 Å². The highest BCUT2D eigenvalue weighted by molar-refractivity contribution is 5.53. The predicted octanol–water partition coefficient (Wildman–Crippen LogP) is 0.734. The van der Waals surface area contributed by atoms with Crippen molar-refractivity contribution in [2.45, 2.75) is 13.8 Å². The lowest BCUT2D eigenvalue weighted by atomic mass is 9.98. The highest BCUT2D eigenvalue weighted by atomic mass is 16.6. The van der Waals surface area contributed by atoms with Crippen molar-refractivity contribution in [2.24, 2.45) is 11.8 Å². The molecule has 0 spiro atoms. The molecule has 2 atom stereocenters. The van der Waals surface area contributed by atoms with Crippen LogP contribution in [0.5, 0.6) is 0 Å². The van der Waals surface area contributed by atoms with E-state index in [1.807, 2.05) is 0 Å². The molecule has 0 radical (unpaired) electrons. The third kappa shape index (κ3) is 3.17. The topological polar surface area (TPSA) is 60.2 Å². The van der Waals surface area contributed by atoms with E-state index < -0.39 is 4.92 Å². The standard InChI is InChI=1S/C6H11NO3/c1-5(3-7(9)10)6(2)4-8/h4-6H,3H2,1-2H3/t5-,6?/m0/s1. The Balaban J connectivity index is 3.71. The molecule has 0 fully saturated rings. The van der Waals surface area contributed by atoms with Crippen LogP contribution < -0.4 is 0 Å². The van der Waals surface area contributed by atoms with E-state index in [0.717, 1.165) is 6.29 Å². The monoisotopic (exact) mass is 145 g/mol. The van der Waals surface area contributed by atoms with Gasteiger partial charge in [-0.15, -0.1) is 0 Å². The van der Waals surface area contributed by atoms with Gasteiger partial charge in [0.05, 0.1) is 0 Å². The Morgan fingerprint density at radius 1 is 1.60 bits per heavy atom. The largest absolute Gasteiger partial charge is 0.303 e. The minimum atomic E-state index is -0.398. The fourth-order valence-electron chi connectivity index (χ4n) is 0.536. The van der Waals surface area contributed by atoms with Crippen LogP contribution in [0.4, 0.5) is 0 Å². The maximum Gasteiger partial charge on any atom is 0.207 e. The van der Waals surface area contributed by atoms with E-state index in [-0.39, 0.29) is 18.4 Å². The molecule has 1 unspecified atom stereocenters. The summed E-state index contributed by atoms with van der Waals surface area (Å²) in [4.78, 5) is 19.6. The lowest BCUT2D eigenvalue weighted by Gasteiger charge is -2.07. The number of carbonyl (C=O) groups is 1. The van der Waals surface area contributed by atoms with Crippen LogP contribution in [0, 0.1) is 22.0 Å². The number of nitrogens with zero attached hydrogens (tertiary/aromatic N) is 1. The summed E-state index contributed by atoms with van der Waals surface area (Å²) in [5, 5.41) is 9.92. The van der Waals surface area contributed by atoms with Crippen LogP contribution in [0.3, 0.4) is 0 Å². The minimum Gasteiger partial charge on any atom is -0.303 e. The van der Waals surface area contributed by atoms with Crippen molar-refractivity contribution in [1.29, 1.82) is 0 Å². The molecule has 0 amide bonds. The molecule has 0 saturated heterocycles. The zero-order valence-corrected chi connectivity index (χ0v) is 6.11. The summed E-state index contributed by atoms with van der Waals surface area (Å²) in [6, 6.07) is 0. The molecule has 0 rings (SSSR count). The molecule has 0 aromatic rings. The second kappa shape index (κ2) is 3.98. The fraction of sp³-hybridized carbons (Fsp3) is 0.833. The summed E-state index contributed by atoms with van der Waals surface area (Å²) < 4.78 is 0. The molecule has 0 aromatic carbocycles. The molecule has 4 nitrogen and oxygen atoms in total. The first-order valence-electron chi connectivity index (χ1n) is 3.15. The molecule has 0 N–H and O–H groups in total. The average Bonchev–Trinajstić information content (AvgIpc) is 1.85. The van der Waals surface area contributed by atoms with Crippen LogP contribution in [0.1, 0.15) is 13.8 Å². The minimum absolute atomic E-state index is 0.125. The normalized spacial score (nSPS) is 15.8. The predicted molar refractivity (Wildman–Crippen MR) is 36.3 cm³/mol. The van der Waals surface area contributed by atoms with Crippen molar-refractivity contribution in [1.82, 2.24) is 0 Å². The van der Waals surface area contributed by atoms with Crippen LogP contribution in [0.15, 0.2) is 0 Å². The summed E-state index contributed by atoms with van der Waals surface area (Å²) >= 11 is 0. The van der Waals surface area contributed by atoms with E-state index in [4.69, 9.17) is 0 Å². The van der Waals surface area contributed by atoms with E-state index in [0.29, 0.717) is 0 Å². The Kier molecular flexibility index (Phi) is 3.61. The average molecular weight is 145 g/mol. The molecule has 0 bridgehead atoms. The van der Waals surface area contributed by atoms with Crippen LogP contribution in [0.2, 0.25) is 0 Å². The van der Waals surface area contributed by atoms with E-state index in [1.165, 1.54) is 0 Å². The SMILES string of the molecule is CC(C=O)[C@@H](C)C[N+](=O)[O-]. The van der Waals surface area contributed by atoms with Crippen LogP contribution in [-0.2, 0) is 4.79 Å². The van der Waals surface area contributed by atoms with E-state index in [2.05, 4.69) is 0 Å². The number of aldehydes is 1. The highest BCUT2D eigenvalue weighted by Crippen LogP contribution is 2.07. The van der Waals surface area contributed by atoms with Crippen LogP contribution in [0.25, 0.3) is 0 Å². The van der Waals surface area contributed by atoms with E-state index in [9.17, 15) is 14.9 Å². The zero-order chi connectivity index (χ0) is 8.15. The van der Waals surface area contributed by atoms with Crippen molar-refractivity contribution >= 4 is 6.29 Å². The Labute approximate surface area is 59.4 Å². The Morgan fingerprint density at radius 3 is 2.40 bits per heavy atom. The zero-order valence-electron chi connectivity index (χ0n) is 6.11. The third-order valence-corrected chi connectivity index (χ3v) is 1.55. The second-order valence-electron chi connectivity index (χ2n) is 2.49. The Hall–Kier alpha value is -0.930. The molecule has 0 heterocycles. The molecule has 0 aromatic heterocycles. The first-order valence-corrected chi connectivity index (χ1v) is 3.15. The maximum atomic E-state index is 10.1. The lowest BCUT2D eigenvalue weighted by molar-refractivity contribution is -0.488. The van der Waals surface area contributed by atoms with Crippen molar-refractivity contribution in [3.05, 3.63) is 10.1 Å². The maximum absolute atomic E-state index is 10.1. The Bertz CT molecular complexity index is 135. The first-order chi connectivity index (χ1) is 4.57. The van der Waals surface area contributed by atoms with Gasteiger partial charge in [0.25, 0.3) is 0 Å². The van der Waals surface area contributed by atoms with Gasteiger partial charge in [-0.1, -0.05) is 13.8 Å². The second-order valence-corrected chi connectivity index (χ2v) is 2.49. The number of nitro groups is 1. The molecule has 58 valence electrons. The quantitative estimate of drug-likeness (QED) is 0.333. The molecule has 4 heteroatoms. The van der Waals surface area contributed by atoms with Crippen LogP contribution in [-0.4, -0.2) is 17.8 Å². The summed E-state index contributed by atoms with van der Waals surface area (Å²) in [5.41, 5.74) is 0. The number of hydrogen-bond acceptors (Lipinski definition) is 3. The first kappa shape index (κ1) is 9.07. The molecule has 0 saturated carbocycles. The Morgan fingerprint density at radius 2 is 2.10 bits per heavy atom. The van der Waals surface area contributed by atoms with Gasteiger partial charge in [-0.2, -0.15) is 0 Å². The van der Waals surface area contributed by atoms with Crippen LogP contribution >= 0.6 is 0 Å². The van der Waals surface area contributed by atoms with Gasteiger partial charge in [0.15, 0.2) is 0 Å². The summed E-state index contributed by atoms with van der Waals surface area (Å²) in [5.74, 6) is -0.377. The van der Waals surface area contributed by atoms with E-state index >= 15 is 0 Å². The number of rotatable bonds is 4. The lowest BCUT2D eigenvalue weighted by Crippen LogP contribution is -2.18. The van der Waals surface area contributed by atoms with Crippen molar-refractivity contribution in [2.75, 3.05) is 6.54 Å². The molecule has 0 aliphatic carbocycles. The van der Waals surface area contributed by atoms with Crippen molar-refractivity contribution in [3.8, 4) is 0 Å². The van der Waals surface area contributed by atoms with Crippen molar-refractivity contribution < 1.29 is 9.72 Å².